The minimum Gasteiger partial charge on any atom is -0.477 e. The van der Waals surface area contributed by atoms with Crippen LogP contribution in [-0.2, 0) is 10.0 Å². The van der Waals surface area contributed by atoms with E-state index in [-0.39, 0.29) is 10.6 Å². The third-order valence-electron chi connectivity index (χ3n) is 3.14. The lowest BCUT2D eigenvalue weighted by Crippen LogP contribution is -2.44. The lowest BCUT2D eigenvalue weighted by molar-refractivity contribution is 0.0691. The Labute approximate surface area is 106 Å². The molecule has 1 aromatic heterocycles. The molecular formula is C11H18N2O4S. The smallest absolute Gasteiger partial charge is 0.352 e. The van der Waals surface area contributed by atoms with Gasteiger partial charge in [-0.1, -0.05) is 13.8 Å². The molecule has 6 nitrogen and oxygen atoms in total. The fourth-order valence-electron chi connectivity index (χ4n) is 1.43. The first-order valence-corrected chi connectivity index (χ1v) is 7.18. The molecule has 0 amide bonds. The highest BCUT2D eigenvalue weighted by atomic mass is 32.2. The number of carboxylic acid groups (broad SMARTS) is 1. The van der Waals surface area contributed by atoms with Crippen molar-refractivity contribution in [1.82, 2.24) is 9.71 Å². The molecule has 0 aromatic carbocycles. The van der Waals surface area contributed by atoms with Crippen LogP contribution in [0.1, 0.15) is 44.1 Å². The van der Waals surface area contributed by atoms with Gasteiger partial charge in [0.25, 0.3) is 0 Å². The third kappa shape index (κ3) is 3.11. The van der Waals surface area contributed by atoms with Gasteiger partial charge in [-0.15, -0.1) is 0 Å². The van der Waals surface area contributed by atoms with Crippen LogP contribution in [0.2, 0.25) is 0 Å². The average molecular weight is 274 g/mol. The van der Waals surface area contributed by atoms with E-state index in [1.807, 2.05) is 20.8 Å². The third-order valence-corrected chi connectivity index (χ3v) is 4.76. The zero-order valence-electron chi connectivity index (χ0n) is 10.6. The van der Waals surface area contributed by atoms with Gasteiger partial charge < -0.3 is 10.1 Å². The van der Waals surface area contributed by atoms with Gasteiger partial charge in [-0.05, 0) is 25.8 Å². The van der Waals surface area contributed by atoms with E-state index in [9.17, 15) is 13.2 Å². The Bertz CT molecular complexity index is 529. The van der Waals surface area contributed by atoms with Crippen LogP contribution in [0.4, 0.5) is 0 Å². The van der Waals surface area contributed by atoms with E-state index in [0.29, 0.717) is 12.8 Å². The number of aromatic amines is 1. The van der Waals surface area contributed by atoms with E-state index in [1.165, 1.54) is 6.20 Å². The molecule has 102 valence electrons. The highest BCUT2D eigenvalue weighted by Crippen LogP contribution is 2.19. The van der Waals surface area contributed by atoms with Gasteiger partial charge in [0, 0.05) is 11.7 Å². The van der Waals surface area contributed by atoms with Crippen molar-refractivity contribution in [1.29, 1.82) is 0 Å². The van der Waals surface area contributed by atoms with Gasteiger partial charge in [0.15, 0.2) is 0 Å². The predicted octanol–water partition coefficient (Wildman–Crippen LogP) is 1.57. The molecule has 0 radical (unpaired) electrons. The molecule has 1 rings (SSSR count). The second-order valence-electron chi connectivity index (χ2n) is 4.43. The van der Waals surface area contributed by atoms with Gasteiger partial charge in [-0.3, -0.25) is 0 Å². The van der Waals surface area contributed by atoms with Gasteiger partial charge in [0.2, 0.25) is 10.0 Å². The zero-order valence-corrected chi connectivity index (χ0v) is 11.5. The number of aromatic nitrogens is 1. The van der Waals surface area contributed by atoms with E-state index in [2.05, 4.69) is 9.71 Å². The summed E-state index contributed by atoms with van der Waals surface area (Å²) < 4.78 is 26.8. The van der Waals surface area contributed by atoms with Crippen LogP contribution in [0.3, 0.4) is 0 Å². The van der Waals surface area contributed by atoms with Crippen molar-refractivity contribution in [2.24, 2.45) is 0 Å². The Morgan fingerprint density at radius 2 is 2.00 bits per heavy atom. The summed E-state index contributed by atoms with van der Waals surface area (Å²) in [5.74, 6) is -1.19. The molecule has 0 unspecified atom stereocenters. The lowest BCUT2D eigenvalue weighted by atomic mass is 9.98. The normalized spacial score (nSPS) is 12.6. The van der Waals surface area contributed by atoms with E-state index in [1.54, 1.807) is 0 Å². The van der Waals surface area contributed by atoms with Gasteiger partial charge in [0.05, 0.1) is 0 Å². The molecule has 0 atom stereocenters. The number of hydrogen-bond donors (Lipinski definition) is 3. The molecule has 0 spiro atoms. The molecule has 0 fully saturated rings. The van der Waals surface area contributed by atoms with Crippen LogP contribution in [0.5, 0.6) is 0 Å². The topological polar surface area (TPSA) is 99.3 Å². The molecule has 1 aromatic rings. The predicted molar refractivity (Wildman–Crippen MR) is 67.1 cm³/mol. The molecule has 18 heavy (non-hydrogen) atoms. The largest absolute Gasteiger partial charge is 0.477 e. The second kappa shape index (κ2) is 5.11. The summed E-state index contributed by atoms with van der Waals surface area (Å²) in [4.78, 5) is 13.0. The van der Waals surface area contributed by atoms with Crippen molar-refractivity contribution in [3.05, 3.63) is 18.0 Å². The fourth-order valence-corrected chi connectivity index (χ4v) is 2.97. The standard InChI is InChI=1S/C11H18N2O4S/c1-4-11(3,5-2)13-18(16,17)8-6-9(10(14)15)12-7-8/h6-7,12-13H,4-5H2,1-3H3,(H,14,15). The average Bonchev–Trinajstić information content (AvgIpc) is 2.78. The van der Waals surface area contributed by atoms with Crippen molar-refractivity contribution < 1.29 is 18.3 Å². The number of aromatic carboxylic acids is 1. The molecule has 0 saturated heterocycles. The summed E-state index contributed by atoms with van der Waals surface area (Å²) in [5, 5.41) is 8.74. The molecular weight excluding hydrogens is 256 g/mol. The van der Waals surface area contributed by atoms with Crippen LogP contribution in [0, 0.1) is 0 Å². The summed E-state index contributed by atoms with van der Waals surface area (Å²) in [6, 6.07) is 1.11. The quantitative estimate of drug-likeness (QED) is 0.733. The molecule has 7 heteroatoms. The fraction of sp³-hybridized carbons (Fsp3) is 0.545. The van der Waals surface area contributed by atoms with Gasteiger partial charge in [-0.25, -0.2) is 17.9 Å². The zero-order chi connectivity index (χ0) is 14.0. The van der Waals surface area contributed by atoms with Gasteiger partial charge in [-0.2, -0.15) is 0 Å². The molecule has 0 aliphatic carbocycles. The van der Waals surface area contributed by atoms with Crippen LogP contribution in [0.25, 0.3) is 0 Å². The Balaban J connectivity index is 3.03. The maximum absolute atomic E-state index is 12.1. The van der Waals surface area contributed by atoms with Crippen LogP contribution >= 0.6 is 0 Å². The van der Waals surface area contributed by atoms with Crippen molar-refractivity contribution in [2.45, 2.75) is 44.0 Å². The monoisotopic (exact) mass is 274 g/mol. The second-order valence-corrected chi connectivity index (χ2v) is 6.11. The van der Waals surface area contributed by atoms with E-state index in [4.69, 9.17) is 5.11 Å². The Hall–Kier alpha value is -1.34. The van der Waals surface area contributed by atoms with Crippen LogP contribution < -0.4 is 4.72 Å². The Kier molecular flexibility index (Phi) is 4.18. The summed E-state index contributed by atoms with van der Waals surface area (Å²) >= 11 is 0. The summed E-state index contributed by atoms with van der Waals surface area (Å²) in [7, 11) is -3.70. The molecule has 0 bridgehead atoms. The SMILES string of the molecule is CCC(C)(CC)NS(=O)(=O)c1c[nH]c(C(=O)O)c1. The van der Waals surface area contributed by atoms with Crippen LogP contribution in [0.15, 0.2) is 17.2 Å². The molecule has 1 heterocycles. The minimum absolute atomic E-state index is 0.0620. The maximum atomic E-state index is 12.1. The molecule has 0 aliphatic rings. The number of sulfonamides is 1. The van der Waals surface area contributed by atoms with Crippen molar-refractivity contribution in [2.75, 3.05) is 0 Å². The molecule has 0 saturated carbocycles. The summed E-state index contributed by atoms with van der Waals surface area (Å²) in [6.07, 6.45) is 2.48. The first kappa shape index (κ1) is 14.7. The van der Waals surface area contributed by atoms with Crippen LogP contribution in [-0.4, -0.2) is 30.0 Å². The highest BCUT2D eigenvalue weighted by Gasteiger charge is 2.28. The number of rotatable bonds is 6. The number of H-pyrrole nitrogens is 1. The van der Waals surface area contributed by atoms with Crippen molar-refractivity contribution in [3.63, 3.8) is 0 Å². The van der Waals surface area contributed by atoms with E-state index < -0.39 is 21.5 Å². The van der Waals surface area contributed by atoms with Gasteiger partial charge >= 0.3 is 5.97 Å². The number of nitrogens with one attached hydrogen (secondary N) is 2. The van der Waals surface area contributed by atoms with Crippen molar-refractivity contribution in [3.8, 4) is 0 Å². The summed E-state index contributed by atoms with van der Waals surface area (Å²) in [5.41, 5.74) is -0.676. The number of hydrogen-bond acceptors (Lipinski definition) is 3. The lowest BCUT2D eigenvalue weighted by Gasteiger charge is -2.27. The Morgan fingerprint density at radius 1 is 1.44 bits per heavy atom. The molecule has 3 N–H and O–H groups in total. The van der Waals surface area contributed by atoms with E-state index in [0.717, 1.165) is 6.07 Å². The number of carbonyl (C=O) groups is 1. The van der Waals surface area contributed by atoms with Crippen molar-refractivity contribution >= 4 is 16.0 Å². The number of carboxylic acids is 1. The highest BCUT2D eigenvalue weighted by molar-refractivity contribution is 7.89. The summed E-state index contributed by atoms with van der Waals surface area (Å²) in [6.45, 7) is 5.60. The first-order chi connectivity index (χ1) is 8.24. The first-order valence-electron chi connectivity index (χ1n) is 5.70. The van der Waals surface area contributed by atoms with E-state index >= 15 is 0 Å². The van der Waals surface area contributed by atoms with Gasteiger partial charge in [0.1, 0.15) is 10.6 Å². The minimum atomic E-state index is -3.70. The maximum Gasteiger partial charge on any atom is 0.352 e. The Morgan fingerprint density at radius 3 is 2.39 bits per heavy atom. The molecule has 0 aliphatic heterocycles.